The lowest BCUT2D eigenvalue weighted by Gasteiger charge is -2.36. The highest BCUT2D eigenvalue weighted by atomic mass is 28.3. The van der Waals surface area contributed by atoms with Crippen molar-refractivity contribution in [3.8, 4) is 11.5 Å². The third-order valence-electron chi connectivity index (χ3n) is 10.8. The summed E-state index contributed by atoms with van der Waals surface area (Å²) in [5.74, 6) is 1.54. The number of methoxy groups -OCH3 is 2. The molecule has 0 bridgehead atoms. The summed E-state index contributed by atoms with van der Waals surface area (Å²) >= 11 is 0. The number of carbonyl (C=O) groups is 1. The summed E-state index contributed by atoms with van der Waals surface area (Å²) < 4.78 is 19.6. The molecule has 0 aliphatic carbocycles. The predicted octanol–water partition coefficient (Wildman–Crippen LogP) is 7.08. The number of nitrogens with one attached hydrogen (secondary N) is 1. The summed E-state index contributed by atoms with van der Waals surface area (Å²) in [6.45, 7) is 7.92. The van der Waals surface area contributed by atoms with Gasteiger partial charge < -0.3 is 24.6 Å². The maximum Gasteiger partial charge on any atom is 0.255 e. The second kappa shape index (κ2) is 16.7. The van der Waals surface area contributed by atoms with Crippen molar-refractivity contribution in [1.82, 2.24) is 15.0 Å². The van der Waals surface area contributed by atoms with Crippen LogP contribution in [0.5, 0.6) is 11.5 Å². The average Bonchev–Trinajstić information content (AvgIpc) is 3.77. The molecule has 0 radical (unpaired) electrons. The third kappa shape index (κ3) is 8.47. The van der Waals surface area contributed by atoms with Crippen LogP contribution in [-0.2, 0) is 17.7 Å². The molecule has 52 heavy (non-hydrogen) atoms. The molecular formula is C42H50N4O5Si. The van der Waals surface area contributed by atoms with Crippen LogP contribution in [0.1, 0.15) is 52.9 Å². The highest BCUT2D eigenvalue weighted by Crippen LogP contribution is 2.46. The van der Waals surface area contributed by atoms with Crippen molar-refractivity contribution in [1.29, 1.82) is 0 Å². The molecule has 1 aliphatic rings. The van der Waals surface area contributed by atoms with Crippen LogP contribution in [0.2, 0.25) is 18.6 Å². The molecule has 1 aliphatic heterocycles. The summed E-state index contributed by atoms with van der Waals surface area (Å²) in [6.07, 6.45) is 4.61. The number of carbonyl (C=O) groups excluding carboxylic acids is 1. The Kier molecular flexibility index (Phi) is 11.9. The van der Waals surface area contributed by atoms with E-state index in [0.29, 0.717) is 29.3 Å². The summed E-state index contributed by atoms with van der Waals surface area (Å²) in [7, 11) is 1.27. The third-order valence-corrected chi connectivity index (χ3v) is 15.2. The number of aliphatic hydroxyl groups is 1. The summed E-state index contributed by atoms with van der Waals surface area (Å²) in [6, 6.07) is 33.7. The topological polar surface area (TPSA) is 108 Å². The second-order valence-corrected chi connectivity index (χ2v) is 19.0. The minimum absolute atomic E-state index is 0.0324. The number of ether oxygens (including phenoxy) is 3. The first-order valence-corrected chi connectivity index (χ1v) is 21.2. The molecule has 9 nitrogen and oxygen atoms in total. The van der Waals surface area contributed by atoms with Crippen LogP contribution in [-0.4, -0.2) is 67.1 Å². The standard InChI is InChI=1S/C42H50N4O5Si/c1-29-39(23-14-30-10-9-13-33(26-30)43-42(48)32-15-17-34(49-2)18-16-32)51-40(41(29)52(4,5)36-21-19-35(50-3)20-22-36)24-25-46-27-38(44-45-46)37(28-47)31-11-7-6-8-12-31/h6-13,15-22,26-27,29,37,39-41,47H,14,23-25,28H2,1-5H3,(H,43,48)/t29-,37?,39+,40-,41+/m0/s1. The van der Waals surface area contributed by atoms with Crippen LogP contribution in [0.3, 0.4) is 0 Å². The Morgan fingerprint density at radius 2 is 1.60 bits per heavy atom. The van der Waals surface area contributed by atoms with E-state index in [4.69, 9.17) is 14.2 Å². The van der Waals surface area contributed by atoms with Crippen molar-refractivity contribution in [3.63, 3.8) is 0 Å². The first-order valence-electron chi connectivity index (χ1n) is 18.1. The molecule has 4 aromatic carbocycles. The minimum atomic E-state index is -2.04. The van der Waals surface area contributed by atoms with E-state index in [0.717, 1.165) is 47.5 Å². The molecule has 10 heteroatoms. The van der Waals surface area contributed by atoms with E-state index in [9.17, 15) is 9.90 Å². The maximum atomic E-state index is 12.9. The van der Waals surface area contributed by atoms with E-state index in [2.05, 4.69) is 72.0 Å². The van der Waals surface area contributed by atoms with Gasteiger partial charge in [-0.1, -0.05) is 85.0 Å². The monoisotopic (exact) mass is 718 g/mol. The van der Waals surface area contributed by atoms with E-state index in [1.165, 1.54) is 5.19 Å². The smallest absolute Gasteiger partial charge is 0.255 e. The van der Waals surface area contributed by atoms with Crippen molar-refractivity contribution >= 4 is 24.9 Å². The Morgan fingerprint density at radius 1 is 0.904 bits per heavy atom. The Morgan fingerprint density at radius 3 is 2.27 bits per heavy atom. The SMILES string of the molecule is COc1ccc(C(=O)Nc2cccc(CC[C@H]3O[C@@H](CCn4cc(C(CO)c5ccccc5)nn4)[C@H]([Si](C)(C)c4ccc(OC)cc4)[C@H]3C)c2)cc1. The summed E-state index contributed by atoms with van der Waals surface area (Å²) in [5, 5.41) is 23.6. The minimum Gasteiger partial charge on any atom is -0.497 e. The van der Waals surface area contributed by atoms with Gasteiger partial charge in [0.05, 0.1) is 52.7 Å². The normalized spacial score (nSPS) is 19.3. The van der Waals surface area contributed by atoms with Gasteiger partial charge in [0.15, 0.2) is 0 Å². The Hall–Kier alpha value is -4.77. The highest BCUT2D eigenvalue weighted by Gasteiger charge is 2.50. The van der Waals surface area contributed by atoms with Crippen LogP contribution in [0, 0.1) is 5.92 Å². The van der Waals surface area contributed by atoms with Gasteiger partial charge in [-0.3, -0.25) is 9.48 Å². The molecular weight excluding hydrogens is 669 g/mol. The number of hydrogen-bond acceptors (Lipinski definition) is 7. The summed E-state index contributed by atoms with van der Waals surface area (Å²) in [4.78, 5) is 12.9. The second-order valence-electron chi connectivity index (χ2n) is 14.3. The number of benzene rings is 4. The van der Waals surface area contributed by atoms with Crippen LogP contribution in [0.15, 0.2) is 109 Å². The molecule has 1 saturated heterocycles. The van der Waals surface area contributed by atoms with Gasteiger partial charge in [-0.05, 0) is 90.4 Å². The van der Waals surface area contributed by atoms with Crippen LogP contribution >= 0.6 is 0 Å². The van der Waals surface area contributed by atoms with Gasteiger partial charge in [0.2, 0.25) is 0 Å². The molecule has 0 saturated carbocycles. The highest BCUT2D eigenvalue weighted by molar-refractivity contribution is 6.91. The lowest BCUT2D eigenvalue weighted by atomic mass is 9.95. The molecule has 2 N–H and O–H groups in total. The van der Waals surface area contributed by atoms with Gasteiger partial charge in [-0.25, -0.2) is 0 Å². The fraction of sp³-hybridized carbons (Fsp3) is 0.357. The van der Waals surface area contributed by atoms with Crippen LogP contribution < -0.4 is 20.0 Å². The Bertz CT molecular complexity index is 1900. The number of amides is 1. The lowest BCUT2D eigenvalue weighted by molar-refractivity contribution is 0.0249. The van der Waals surface area contributed by atoms with E-state index in [1.54, 1.807) is 38.5 Å². The molecule has 5 atom stereocenters. The van der Waals surface area contributed by atoms with Gasteiger partial charge in [0, 0.05) is 24.0 Å². The van der Waals surface area contributed by atoms with Gasteiger partial charge in [-0.15, -0.1) is 5.10 Å². The Labute approximate surface area is 308 Å². The number of aliphatic hydroxyl groups excluding tert-OH is 1. The molecule has 0 spiro atoms. The predicted molar refractivity (Wildman–Crippen MR) is 207 cm³/mol. The zero-order valence-electron chi connectivity index (χ0n) is 30.7. The molecule has 272 valence electrons. The van der Waals surface area contributed by atoms with Gasteiger partial charge in [0.1, 0.15) is 11.5 Å². The first-order chi connectivity index (χ1) is 25.2. The quantitative estimate of drug-likeness (QED) is 0.111. The fourth-order valence-corrected chi connectivity index (χ4v) is 12.0. The zero-order valence-corrected chi connectivity index (χ0v) is 31.7. The van der Waals surface area contributed by atoms with Crippen molar-refractivity contribution in [2.45, 2.75) is 69.5 Å². The van der Waals surface area contributed by atoms with E-state index in [-0.39, 0.29) is 30.6 Å². The van der Waals surface area contributed by atoms with Crippen LogP contribution in [0.4, 0.5) is 5.69 Å². The Balaban J connectivity index is 1.16. The average molecular weight is 719 g/mol. The van der Waals surface area contributed by atoms with Crippen molar-refractivity contribution in [2.24, 2.45) is 5.92 Å². The van der Waals surface area contributed by atoms with Crippen molar-refractivity contribution in [3.05, 3.63) is 132 Å². The van der Waals surface area contributed by atoms with E-state index < -0.39 is 8.07 Å². The number of aryl methyl sites for hydroxylation is 2. The van der Waals surface area contributed by atoms with Crippen molar-refractivity contribution in [2.75, 3.05) is 26.1 Å². The van der Waals surface area contributed by atoms with Crippen LogP contribution in [0.25, 0.3) is 0 Å². The number of hydrogen-bond donors (Lipinski definition) is 2. The molecule has 1 aromatic heterocycles. The maximum absolute atomic E-state index is 12.9. The molecule has 5 aromatic rings. The number of rotatable bonds is 15. The van der Waals surface area contributed by atoms with E-state index in [1.807, 2.05) is 53.3 Å². The van der Waals surface area contributed by atoms with Gasteiger partial charge in [-0.2, -0.15) is 0 Å². The fourth-order valence-electron chi connectivity index (χ4n) is 7.87. The molecule has 1 fully saturated rings. The van der Waals surface area contributed by atoms with Gasteiger partial charge >= 0.3 is 0 Å². The number of nitrogens with zero attached hydrogens (tertiary/aromatic N) is 3. The molecule has 6 rings (SSSR count). The number of aromatic nitrogens is 3. The number of anilines is 1. The zero-order chi connectivity index (χ0) is 36.7. The van der Waals surface area contributed by atoms with Crippen molar-refractivity contribution < 1.29 is 24.1 Å². The van der Waals surface area contributed by atoms with E-state index >= 15 is 0 Å². The largest absolute Gasteiger partial charge is 0.497 e. The molecule has 1 amide bonds. The van der Waals surface area contributed by atoms with Gasteiger partial charge in [0.25, 0.3) is 5.91 Å². The molecule has 1 unspecified atom stereocenters. The lowest BCUT2D eigenvalue weighted by Crippen LogP contribution is -2.50. The summed E-state index contributed by atoms with van der Waals surface area (Å²) in [5.41, 5.74) is 4.65. The molecule has 2 heterocycles. The first kappa shape index (κ1) is 37.0.